The van der Waals surface area contributed by atoms with Crippen LogP contribution in [0.1, 0.15) is 84.0 Å². The van der Waals surface area contributed by atoms with Gasteiger partial charge in [-0.25, -0.2) is 4.79 Å². The van der Waals surface area contributed by atoms with E-state index in [2.05, 4.69) is 48.7 Å². The molecule has 4 heteroatoms. The number of esters is 2. The van der Waals surface area contributed by atoms with Gasteiger partial charge in [0.1, 0.15) is 6.04 Å². The Morgan fingerprint density at radius 2 is 1.59 bits per heavy atom. The molecule has 1 atom stereocenters. The molecule has 0 amide bonds. The number of nitrogens with one attached hydrogen (secondary N) is 1. The Morgan fingerprint density at radius 1 is 0.926 bits per heavy atom. The fourth-order valence-corrected chi connectivity index (χ4v) is 3.01. The maximum atomic E-state index is 11.7. The predicted octanol–water partition coefficient (Wildman–Crippen LogP) is 5.40. The summed E-state index contributed by atoms with van der Waals surface area (Å²) >= 11 is 0. The Balaban J connectivity index is 1.88. The molecule has 0 unspecified atom stereocenters. The van der Waals surface area contributed by atoms with E-state index in [1.807, 2.05) is 0 Å². The second-order valence-corrected chi connectivity index (χ2v) is 7.04. The van der Waals surface area contributed by atoms with Crippen molar-refractivity contribution in [3.8, 4) is 0 Å². The van der Waals surface area contributed by atoms with Crippen LogP contribution in [0.3, 0.4) is 0 Å². The standard InChI is InChI=1S/C23H37NO3/c1-2-3-4-5-6-7-8-9-10-11-12-13-14-15-16-19-22(25)27-23(26)21-18-17-20-24-21/h3-4,6-7,9-10,21,24H,2,5,8,11-20H2,1H3/b4-3-,7-6-,10-9-/t21-/m0/s1. The number of ether oxygens (including phenoxy) is 1. The molecular weight excluding hydrogens is 338 g/mol. The zero-order valence-electron chi connectivity index (χ0n) is 17.0. The van der Waals surface area contributed by atoms with Gasteiger partial charge in [0.2, 0.25) is 0 Å². The smallest absolute Gasteiger partial charge is 0.330 e. The molecule has 0 aromatic heterocycles. The minimum Gasteiger partial charge on any atom is -0.392 e. The van der Waals surface area contributed by atoms with Crippen molar-refractivity contribution in [1.82, 2.24) is 5.32 Å². The van der Waals surface area contributed by atoms with E-state index < -0.39 is 5.97 Å². The van der Waals surface area contributed by atoms with Crippen LogP contribution in [0.15, 0.2) is 36.5 Å². The first-order valence-corrected chi connectivity index (χ1v) is 10.7. The highest BCUT2D eigenvalue weighted by Gasteiger charge is 2.25. The molecule has 0 saturated carbocycles. The van der Waals surface area contributed by atoms with Gasteiger partial charge in [0.25, 0.3) is 0 Å². The highest BCUT2D eigenvalue weighted by molar-refractivity contribution is 5.88. The molecule has 1 N–H and O–H groups in total. The molecule has 1 saturated heterocycles. The van der Waals surface area contributed by atoms with E-state index >= 15 is 0 Å². The van der Waals surface area contributed by atoms with Gasteiger partial charge in [-0.3, -0.25) is 4.79 Å². The normalized spacial score (nSPS) is 17.4. The van der Waals surface area contributed by atoms with Crippen LogP contribution in [0.25, 0.3) is 0 Å². The summed E-state index contributed by atoms with van der Waals surface area (Å²) in [5.41, 5.74) is 0. The Labute approximate surface area is 165 Å². The molecule has 1 heterocycles. The second kappa shape index (κ2) is 16.5. The van der Waals surface area contributed by atoms with E-state index in [0.717, 1.165) is 64.3 Å². The van der Waals surface area contributed by atoms with Gasteiger partial charge in [-0.1, -0.05) is 62.6 Å². The molecule has 0 spiro atoms. The predicted molar refractivity (Wildman–Crippen MR) is 111 cm³/mol. The number of allylic oxidation sites excluding steroid dienone is 6. The number of hydrogen-bond donors (Lipinski definition) is 1. The minimum absolute atomic E-state index is 0.282. The summed E-state index contributed by atoms with van der Waals surface area (Å²) in [6, 6.07) is -0.282. The quantitative estimate of drug-likeness (QED) is 0.191. The highest BCUT2D eigenvalue weighted by Crippen LogP contribution is 2.10. The lowest BCUT2D eigenvalue weighted by molar-refractivity contribution is -0.161. The summed E-state index contributed by atoms with van der Waals surface area (Å²) in [7, 11) is 0. The number of rotatable bonds is 14. The van der Waals surface area contributed by atoms with Crippen molar-refractivity contribution in [2.45, 2.75) is 90.0 Å². The lowest BCUT2D eigenvalue weighted by Gasteiger charge is -2.08. The average molecular weight is 376 g/mol. The molecule has 1 fully saturated rings. The van der Waals surface area contributed by atoms with Crippen molar-refractivity contribution in [1.29, 1.82) is 0 Å². The van der Waals surface area contributed by atoms with Gasteiger partial charge in [-0.15, -0.1) is 0 Å². The van der Waals surface area contributed by atoms with Crippen molar-refractivity contribution in [3.05, 3.63) is 36.5 Å². The molecule has 152 valence electrons. The van der Waals surface area contributed by atoms with Gasteiger partial charge in [-0.2, -0.15) is 0 Å². The van der Waals surface area contributed by atoms with Gasteiger partial charge in [0.05, 0.1) is 0 Å². The third-order valence-electron chi connectivity index (χ3n) is 4.59. The second-order valence-electron chi connectivity index (χ2n) is 7.04. The van der Waals surface area contributed by atoms with Crippen LogP contribution in [0.4, 0.5) is 0 Å². The van der Waals surface area contributed by atoms with E-state index in [1.165, 1.54) is 12.8 Å². The molecule has 27 heavy (non-hydrogen) atoms. The van der Waals surface area contributed by atoms with Gasteiger partial charge < -0.3 is 10.1 Å². The van der Waals surface area contributed by atoms with Crippen LogP contribution in [-0.2, 0) is 14.3 Å². The van der Waals surface area contributed by atoms with Gasteiger partial charge in [0, 0.05) is 6.42 Å². The van der Waals surface area contributed by atoms with Crippen LogP contribution < -0.4 is 5.32 Å². The number of hydrogen-bond acceptors (Lipinski definition) is 4. The fourth-order valence-electron chi connectivity index (χ4n) is 3.01. The summed E-state index contributed by atoms with van der Waals surface area (Å²) in [5, 5.41) is 3.05. The van der Waals surface area contributed by atoms with Crippen molar-refractivity contribution in [3.63, 3.8) is 0 Å². The Bertz CT molecular complexity index is 488. The number of carbonyl (C=O) groups is 2. The van der Waals surface area contributed by atoms with Crippen molar-refractivity contribution < 1.29 is 14.3 Å². The lowest BCUT2D eigenvalue weighted by atomic mass is 10.1. The summed E-state index contributed by atoms with van der Waals surface area (Å²) < 4.78 is 4.89. The minimum atomic E-state index is -0.406. The third kappa shape index (κ3) is 13.2. The van der Waals surface area contributed by atoms with E-state index in [4.69, 9.17) is 4.74 Å². The SMILES string of the molecule is CC/C=C\C/C=C\C/C=C\CCCCCCCC(=O)OC(=O)[C@@H]1CCCN1. The molecule has 0 aromatic carbocycles. The molecule has 1 aliphatic rings. The van der Waals surface area contributed by atoms with E-state index in [-0.39, 0.29) is 12.0 Å². The van der Waals surface area contributed by atoms with E-state index in [9.17, 15) is 9.59 Å². The summed E-state index contributed by atoms with van der Waals surface area (Å²) in [5.74, 6) is -0.786. The zero-order valence-corrected chi connectivity index (χ0v) is 17.0. The van der Waals surface area contributed by atoms with Crippen molar-refractivity contribution in [2.75, 3.05) is 6.54 Å². The number of carbonyl (C=O) groups excluding carboxylic acids is 2. The molecular formula is C23H37NO3. The first-order chi connectivity index (χ1) is 13.2. The highest BCUT2D eigenvalue weighted by atomic mass is 16.6. The Morgan fingerprint density at radius 3 is 2.30 bits per heavy atom. The van der Waals surface area contributed by atoms with Crippen LogP contribution in [0, 0.1) is 0 Å². The molecule has 0 aliphatic carbocycles. The Kier molecular flexibility index (Phi) is 14.3. The van der Waals surface area contributed by atoms with Gasteiger partial charge in [0.15, 0.2) is 0 Å². The summed E-state index contributed by atoms with van der Waals surface area (Å²) in [4.78, 5) is 23.4. The summed E-state index contributed by atoms with van der Waals surface area (Å²) in [6.07, 6.45) is 25.0. The average Bonchev–Trinajstić information content (AvgIpc) is 3.20. The summed E-state index contributed by atoms with van der Waals surface area (Å²) in [6.45, 7) is 2.98. The molecule has 0 aromatic rings. The topological polar surface area (TPSA) is 55.4 Å². The molecule has 1 aliphatic heterocycles. The zero-order chi connectivity index (χ0) is 19.6. The first-order valence-electron chi connectivity index (χ1n) is 10.7. The monoisotopic (exact) mass is 375 g/mol. The van der Waals surface area contributed by atoms with E-state index in [0.29, 0.717) is 6.42 Å². The molecule has 0 radical (unpaired) electrons. The lowest BCUT2D eigenvalue weighted by Crippen LogP contribution is -2.33. The molecule has 0 bridgehead atoms. The van der Waals surface area contributed by atoms with Crippen LogP contribution in [0.2, 0.25) is 0 Å². The molecule has 4 nitrogen and oxygen atoms in total. The first kappa shape index (κ1) is 23.4. The van der Waals surface area contributed by atoms with Gasteiger partial charge in [-0.05, 0) is 57.9 Å². The molecule has 1 rings (SSSR count). The third-order valence-corrected chi connectivity index (χ3v) is 4.59. The van der Waals surface area contributed by atoms with Gasteiger partial charge >= 0.3 is 11.9 Å². The maximum absolute atomic E-state index is 11.7. The largest absolute Gasteiger partial charge is 0.392 e. The Hall–Kier alpha value is -1.68. The van der Waals surface area contributed by atoms with Crippen molar-refractivity contribution in [2.24, 2.45) is 0 Å². The fraction of sp³-hybridized carbons (Fsp3) is 0.652. The van der Waals surface area contributed by atoms with Crippen LogP contribution >= 0.6 is 0 Å². The maximum Gasteiger partial charge on any atom is 0.330 e. The van der Waals surface area contributed by atoms with Crippen LogP contribution in [-0.4, -0.2) is 24.5 Å². The van der Waals surface area contributed by atoms with Crippen LogP contribution in [0.5, 0.6) is 0 Å². The van der Waals surface area contributed by atoms with Crippen molar-refractivity contribution >= 4 is 11.9 Å². The van der Waals surface area contributed by atoms with E-state index in [1.54, 1.807) is 0 Å². The number of unbranched alkanes of at least 4 members (excludes halogenated alkanes) is 5.